The molecule has 3 nitrogen and oxygen atoms in total. The molecule has 1 saturated heterocycles. The number of nitrogens with one attached hydrogen (secondary N) is 1. The van der Waals surface area contributed by atoms with Crippen molar-refractivity contribution in [3.63, 3.8) is 0 Å². The zero-order valence-corrected chi connectivity index (χ0v) is 15.6. The summed E-state index contributed by atoms with van der Waals surface area (Å²) in [5, 5.41) is 3.65. The molecular weight excluding hydrogens is 296 g/mol. The van der Waals surface area contributed by atoms with Gasteiger partial charge in [0.2, 0.25) is 0 Å². The van der Waals surface area contributed by atoms with Crippen LogP contribution in [-0.2, 0) is 10.2 Å². The van der Waals surface area contributed by atoms with Gasteiger partial charge >= 0.3 is 0 Å². The van der Waals surface area contributed by atoms with E-state index in [1.54, 1.807) is 0 Å². The second-order valence-electron chi connectivity index (χ2n) is 8.46. The first-order valence-electron chi connectivity index (χ1n) is 9.04. The Kier molecular flexibility index (Phi) is 4.33. The second-order valence-corrected chi connectivity index (χ2v) is 8.46. The van der Waals surface area contributed by atoms with E-state index in [2.05, 4.69) is 69.2 Å². The number of nitrogens with zero attached hydrogens (tertiary/aromatic N) is 1. The SMILES string of the molecule is CN1CCC(C(=O)/C=C2/NC(C)(C)C(C)(C)c3ccccc32)CC1. The van der Waals surface area contributed by atoms with Crippen molar-refractivity contribution in [3.8, 4) is 0 Å². The van der Waals surface area contributed by atoms with Crippen LogP contribution in [-0.4, -0.2) is 36.4 Å². The molecule has 0 spiro atoms. The number of piperidine rings is 1. The van der Waals surface area contributed by atoms with E-state index < -0.39 is 0 Å². The Morgan fingerprint density at radius 3 is 2.46 bits per heavy atom. The van der Waals surface area contributed by atoms with Gasteiger partial charge in [0.05, 0.1) is 0 Å². The highest BCUT2D eigenvalue weighted by atomic mass is 16.1. The van der Waals surface area contributed by atoms with Crippen LogP contribution in [0.4, 0.5) is 0 Å². The normalized spacial score (nSPS) is 25.1. The van der Waals surface area contributed by atoms with Crippen molar-refractivity contribution in [2.75, 3.05) is 20.1 Å². The molecule has 24 heavy (non-hydrogen) atoms. The molecule has 1 aromatic rings. The summed E-state index contributed by atoms with van der Waals surface area (Å²) in [7, 11) is 2.13. The van der Waals surface area contributed by atoms with Gasteiger partial charge in [-0.3, -0.25) is 4.79 Å². The standard InChI is InChI=1S/C21H30N2O/c1-20(2)17-9-7-6-8-16(17)18(22-21(20,3)4)14-19(24)15-10-12-23(5)13-11-15/h6-9,14-15,22H,10-13H2,1-5H3/b18-14+. The summed E-state index contributed by atoms with van der Waals surface area (Å²) < 4.78 is 0. The maximum atomic E-state index is 12.8. The van der Waals surface area contributed by atoms with Crippen molar-refractivity contribution in [2.24, 2.45) is 5.92 Å². The minimum absolute atomic E-state index is 0.00245. The van der Waals surface area contributed by atoms with Crippen LogP contribution in [0, 0.1) is 5.92 Å². The van der Waals surface area contributed by atoms with E-state index in [4.69, 9.17) is 0 Å². The quantitative estimate of drug-likeness (QED) is 0.843. The van der Waals surface area contributed by atoms with Gasteiger partial charge in [-0.25, -0.2) is 0 Å². The number of likely N-dealkylation sites (tertiary alicyclic amines) is 1. The summed E-state index contributed by atoms with van der Waals surface area (Å²) in [6.45, 7) is 11.0. The Balaban J connectivity index is 1.94. The lowest BCUT2D eigenvalue weighted by Crippen LogP contribution is -2.56. The van der Waals surface area contributed by atoms with Crippen molar-refractivity contribution < 1.29 is 4.79 Å². The van der Waals surface area contributed by atoms with Crippen LogP contribution < -0.4 is 5.32 Å². The van der Waals surface area contributed by atoms with Gasteiger partial charge < -0.3 is 10.2 Å². The van der Waals surface area contributed by atoms with E-state index in [9.17, 15) is 4.79 Å². The summed E-state index contributed by atoms with van der Waals surface area (Å²) in [5.41, 5.74) is 3.36. The van der Waals surface area contributed by atoms with E-state index in [0.29, 0.717) is 0 Å². The first-order valence-corrected chi connectivity index (χ1v) is 9.04. The maximum Gasteiger partial charge on any atom is 0.160 e. The molecule has 130 valence electrons. The van der Waals surface area contributed by atoms with E-state index in [-0.39, 0.29) is 22.7 Å². The van der Waals surface area contributed by atoms with Gasteiger partial charge in [-0.1, -0.05) is 38.1 Å². The summed E-state index contributed by atoms with van der Waals surface area (Å²) in [6, 6.07) is 8.49. The monoisotopic (exact) mass is 326 g/mol. The van der Waals surface area contributed by atoms with Crippen molar-refractivity contribution >= 4 is 11.5 Å². The Morgan fingerprint density at radius 1 is 1.17 bits per heavy atom. The lowest BCUT2D eigenvalue weighted by Gasteiger charge is -2.49. The third-order valence-corrected chi connectivity index (χ3v) is 6.31. The average molecular weight is 326 g/mol. The first-order chi connectivity index (χ1) is 11.2. The van der Waals surface area contributed by atoms with E-state index in [1.807, 2.05) is 6.08 Å². The van der Waals surface area contributed by atoms with Crippen LogP contribution in [0.15, 0.2) is 30.3 Å². The molecule has 0 aromatic heterocycles. The summed E-state index contributed by atoms with van der Waals surface area (Å²) in [6.07, 6.45) is 3.80. The second kappa shape index (κ2) is 6.03. The Bertz CT molecular complexity index is 664. The maximum absolute atomic E-state index is 12.8. The fraction of sp³-hybridized carbons (Fsp3) is 0.571. The molecule has 0 atom stereocenters. The molecule has 3 heteroatoms. The summed E-state index contributed by atoms with van der Waals surface area (Å²) >= 11 is 0. The van der Waals surface area contributed by atoms with Crippen LogP contribution >= 0.6 is 0 Å². The molecule has 2 aliphatic rings. The van der Waals surface area contributed by atoms with Crippen LogP contribution in [0.25, 0.3) is 5.70 Å². The minimum Gasteiger partial charge on any atom is -0.379 e. The largest absolute Gasteiger partial charge is 0.379 e. The molecular formula is C21H30N2O. The number of carbonyl (C=O) groups excluding carboxylic acids is 1. The number of benzene rings is 1. The third-order valence-electron chi connectivity index (χ3n) is 6.31. The van der Waals surface area contributed by atoms with Gasteiger partial charge in [-0.15, -0.1) is 0 Å². The van der Waals surface area contributed by atoms with Gasteiger partial charge in [-0.05, 0) is 52.4 Å². The first kappa shape index (κ1) is 17.2. The molecule has 3 rings (SSSR count). The highest BCUT2D eigenvalue weighted by molar-refractivity contribution is 5.98. The number of carbonyl (C=O) groups is 1. The summed E-state index contributed by atoms with van der Waals surface area (Å²) in [5.74, 6) is 0.441. The fourth-order valence-corrected chi connectivity index (χ4v) is 3.83. The van der Waals surface area contributed by atoms with Gasteiger partial charge in [0.15, 0.2) is 5.78 Å². The smallest absolute Gasteiger partial charge is 0.160 e. The predicted octanol–water partition coefficient (Wildman–Crippen LogP) is 3.60. The van der Waals surface area contributed by atoms with Crippen LogP contribution in [0.3, 0.4) is 0 Å². The Morgan fingerprint density at radius 2 is 1.79 bits per heavy atom. The molecule has 2 heterocycles. The number of ketones is 1. The molecule has 1 fully saturated rings. The third kappa shape index (κ3) is 2.90. The minimum atomic E-state index is -0.111. The molecule has 0 amide bonds. The van der Waals surface area contributed by atoms with Gasteiger partial charge in [-0.2, -0.15) is 0 Å². The van der Waals surface area contributed by atoms with Crippen molar-refractivity contribution in [2.45, 2.75) is 51.5 Å². The molecule has 0 aliphatic carbocycles. The van der Waals surface area contributed by atoms with E-state index in [0.717, 1.165) is 31.6 Å². The van der Waals surface area contributed by atoms with Gasteiger partial charge in [0.1, 0.15) is 0 Å². The topological polar surface area (TPSA) is 32.3 Å². The van der Waals surface area contributed by atoms with Crippen molar-refractivity contribution in [3.05, 3.63) is 41.5 Å². The zero-order chi connectivity index (χ0) is 17.5. The van der Waals surface area contributed by atoms with Crippen LogP contribution in [0.2, 0.25) is 0 Å². The highest BCUT2D eigenvalue weighted by Gasteiger charge is 2.44. The molecule has 2 aliphatic heterocycles. The summed E-state index contributed by atoms with van der Waals surface area (Å²) in [4.78, 5) is 15.1. The average Bonchev–Trinajstić information content (AvgIpc) is 2.53. The van der Waals surface area contributed by atoms with Gasteiger partial charge in [0.25, 0.3) is 0 Å². The fourth-order valence-electron chi connectivity index (χ4n) is 3.83. The number of allylic oxidation sites excluding steroid dienone is 1. The lowest BCUT2D eigenvalue weighted by molar-refractivity contribution is -0.119. The van der Waals surface area contributed by atoms with Crippen molar-refractivity contribution in [1.29, 1.82) is 0 Å². The Hall–Kier alpha value is -1.61. The molecule has 1 aromatic carbocycles. The number of hydrogen-bond donors (Lipinski definition) is 1. The number of fused-ring (bicyclic) bond motifs is 1. The lowest BCUT2D eigenvalue weighted by atomic mass is 9.65. The number of hydrogen-bond acceptors (Lipinski definition) is 3. The Labute approximate surface area is 146 Å². The number of rotatable bonds is 2. The van der Waals surface area contributed by atoms with Crippen LogP contribution in [0.5, 0.6) is 0 Å². The highest BCUT2D eigenvalue weighted by Crippen LogP contribution is 2.43. The molecule has 0 unspecified atom stereocenters. The molecule has 0 radical (unpaired) electrons. The van der Waals surface area contributed by atoms with Gasteiger partial charge in [0, 0.05) is 34.2 Å². The molecule has 1 N–H and O–H groups in total. The predicted molar refractivity (Wildman–Crippen MR) is 99.9 cm³/mol. The van der Waals surface area contributed by atoms with Crippen LogP contribution in [0.1, 0.15) is 51.7 Å². The zero-order valence-electron chi connectivity index (χ0n) is 15.6. The molecule has 0 bridgehead atoms. The van der Waals surface area contributed by atoms with Crippen molar-refractivity contribution in [1.82, 2.24) is 10.2 Å². The van der Waals surface area contributed by atoms with E-state index >= 15 is 0 Å². The van der Waals surface area contributed by atoms with E-state index in [1.165, 1.54) is 11.1 Å². The molecule has 0 saturated carbocycles.